The summed E-state index contributed by atoms with van der Waals surface area (Å²) < 4.78 is 9.88. The highest BCUT2D eigenvalue weighted by atomic mass is 16.5. The number of nitrogens with zero attached hydrogens (tertiary/aromatic N) is 1. The van der Waals surface area contributed by atoms with Crippen molar-refractivity contribution in [2.75, 3.05) is 6.61 Å². The topological polar surface area (TPSA) is 85.3 Å². The minimum atomic E-state index is -0.851. The zero-order chi connectivity index (χ0) is 11.8. The van der Waals surface area contributed by atoms with Crippen molar-refractivity contribution >= 4 is 6.09 Å². The molecule has 1 rings (SSSR count). The Kier molecular flexibility index (Phi) is 4.83. The molecule has 0 fully saturated rings. The molecule has 5 nitrogen and oxygen atoms in total. The third-order valence-corrected chi connectivity index (χ3v) is 1.68. The Balaban J connectivity index is 2.47. The molecule has 0 bridgehead atoms. The first-order valence-electron chi connectivity index (χ1n) is 4.57. The van der Waals surface area contributed by atoms with Gasteiger partial charge in [0.15, 0.2) is 0 Å². The monoisotopic (exact) mass is 219 g/mol. The van der Waals surface area contributed by atoms with E-state index in [-0.39, 0.29) is 6.61 Å². The first-order chi connectivity index (χ1) is 7.72. The summed E-state index contributed by atoms with van der Waals surface area (Å²) in [6, 6.07) is 8.67. The summed E-state index contributed by atoms with van der Waals surface area (Å²) in [5.74, 6) is 0.373. The molecule has 16 heavy (non-hydrogen) atoms. The van der Waals surface area contributed by atoms with E-state index < -0.39 is 6.09 Å². The maximum Gasteiger partial charge on any atom is 0.409 e. The Hall–Kier alpha value is -2.06. The van der Waals surface area contributed by atoms with Crippen LogP contribution in [0.1, 0.15) is 5.56 Å². The van der Waals surface area contributed by atoms with Crippen LogP contribution < -0.4 is 10.5 Å². The number of carbonyl (C=O) groups is 1. The van der Waals surface area contributed by atoms with Gasteiger partial charge >= 0.3 is 6.09 Å². The van der Waals surface area contributed by atoms with Crippen LogP contribution in [-0.2, 0) is 11.3 Å². The molecule has 0 saturated heterocycles. The number of hydrogen-bond acceptors (Lipinski definition) is 4. The van der Waals surface area contributed by atoms with Gasteiger partial charge in [-0.25, -0.2) is 4.79 Å². The maximum absolute atomic E-state index is 10.5. The van der Waals surface area contributed by atoms with Gasteiger partial charge < -0.3 is 15.2 Å². The predicted octanol–water partition coefficient (Wildman–Crippen LogP) is 1.39. The standard InChI is InChI=1S/C11H11N2O3/c12-5-2-6-15-8-9-3-1-4-10(7-9)16-11(13)14/h1-4,7H,6,8H2,(H2,13,14). The van der Waals surface area contributed by atoms with Crippen LogP contribution in [0.3, 0.4) is 0 Å². The lowest BCUT2D eigenvalue weighted by molar-refractivity contribution is 0.143. The Morgan fingerprint density at radius 1 is 1.56 bits per heavy atom. The molecule has 1 amide bonds. The number of primary amides is 1. The van der Waals surface area contributed by atoms with E-state index in [1.165, 1.54) is 6.42 Å². The van der Waals surface area contributed by atoms with E-state index in [0.717, 1.165) is 5.56 Å². The van der Waals surface area contributed by atoms with Crippen LogP contribution in [0.4, 0.5) is 4.79 Å². The molecule has 0 atom stereocenters. The zero-order valence-electron chi connectivity index (χ0n) is 8.55. The molecular weight excluding hydrogens is 208 g/mol. The molecule has 83 valence electrons. The SMILES string of the molecule is N#C[CH]COCc1cccc(OC(N)=O)c1. The molecule has 0 aliphatic rings. The summed E-state index contributed by atoms with van der Waals surface area (Å²) in [6.07, 6.45) is 0.500. The Morgan fingerprint density at radius 3 is 3.06 bits per heavy atom. The molecular formula is C11H11N2O3. The molecule has 0 unspecified atom stereocenters. The lowest BCUT2D eigenvalue weighted by Crippen LogP contribution is -2.16. The second kappa shape index (κ2) is 6.43. The molecule has 0 saturated carbocycles. The molecule has 2 N–H and O–H groups in total. The van der Waals surface area contributed by atoms with Gasteiger partial charge in [-0.15, -0.1) is 0 Å². The number of nitriles is 1. The molecule has 0 heterocycles. The van der Waals surface area contributed by atoms with E-state index in [0.29, 0.717) is 12.4 Å². The molecule has 0 aromatic heterocycles. The van der Waals surface area contributed by atoms with Crippen LogP contribution in [0, 0.1) is 17.8 Å². The number of amides is 1. The third kappa shape index (κ3) is 4.44. The van der Waals surface area contributed by atoms with Crippen LogP contribution >= 0.6 is 0 Å². The van der Waals surface area contributed by atoms with Crippen molar-refractivity contribution in [2.24, 2.45) is 5.73 Å². The second-order valence-corrected chi connectivity index (χ2v) is 2.92. The third-order valence-electron chi connectivity index (χ3n) is 1.68. The largest absolute Gasteiger partial charge is 0.410 e. The number of ether oxygens (including phenoxy) is 2. The molecule has 1 radical (unpaired) electrons. The van der Waals surface area contributed by atoms with Gasteiger partial charge in [0.05, 0.1) is 25.7 Å². The van der Waals surface area contributed by atoms with Crippen molar-refractivity contribution in [2.45, 2.75) is 6.61 Å². The Bertz CT molecular complexity index is 398. The van der Waals surface area contributed by atoms with Crippen LogP contribution in [0.25, 0.3) is 0 Å². The van der Waals surface area contributed by atoms with E-state index in [2.05, 4.69) is 0 Å². The number of benzene rings is 1. The van der Waals surface area contributed by atoms with Gasteiger partial charge in [0.25, 0.3) is 0 Å². The van der Waals surface area contributed by atoms with Gasteiger partial charge in [-0.2, -0.15) is 5.26 Å². The summed E-state index contributed by atoms with van der Waals surface area (Å²) in [7, 11) is 0. The van der Waals surface area contributed by atoms with Crippen molar-refractivity contribution in [3.8, 4) is 11.8 Å². The number of hydrogen-bond donors (Lipinski definition) is 1. The van der Waals surface area contributed by atoms with Gasteiger partial charge in [-0.1, -0.05) is 12.1 Å². The molecule has 1 aromatic carbocycles. The van der Waals surface area contributed by atoms with Crippen LogP contribution in [-0.4, -0.2) is 12.7 Å². The summed E-state index contributed by atoms with van der Waals surface area (Å²) in [4.78, 5) is 10.5. The smallest absolute Gasteiger partial charge is 0.409 e. The van der Waals surface area contributed by atoms with E-state index >= 15 is 0 Å². The summed E-state index contributed by atoms with van der Waals surface area (Å²) in [5.41, 5.74) is 5.72. The minimum absolute atomic E-state index is 0.261. The van der Waals surface area contributed by atoms with Crippen molar-refractivity contribution in [3.63, 3.8) is 0 Å². The average Bonchev–Trinajstić information content (AvgIpc) is 2.24. The van der Waals surface area contributed by atoms with E-state index in [4.69, 9.17) is 20.5 Å². The number of carbonyl (C=O) groups excluding carboxylic acids is 1. The normalized spacial score (nSPS) is 9.44. The van der Waals surface area contributed by atoms with Crippen molar-refractivity contribution in [1.29, 1.82) is 5.26 Å². The maximum atomic E-state index is 10.5. The highest BCUT2D eigenvalue weighted by molar-refractivity contribution is 5.68. The second-order valence-electron chi connectivity index (χ2n) is 2.92. The van der Waals surface area contributed by atoms with Gasteiger partial charge in [-0.3, -0.25) is 0 Å². The average molecular weight is 219 g/mol. The molecule has 0 aliphatic carbocycles. The Labute approximate surface area is 93.4 Å². The number of rotatable bonds is 5. The fourth-order valence-corrected chi connectivity index (χ4v) is 1.09. The fourth-order valence-electron chi connectivity index (χ4n) is 1.09. The predicted molar refractivity (Wildman–Crippen MR) is 56.2 cm³/mol. The van der Waals surface area contributed by atoms with Gasteiger partial charge in [0.1, 0.15) is 5.75 Å². The Morgan fingerprint density at radius 2 is 2.38 bits per heavy atom. The van der Waals surface area contributed by atoms with Gasteiger partial charge in [-0.05, 0) is 17.7 Å². The van der Waals surface area contributed by atoms with Crippen molar-refractivity contribution in [3.05, 3.63) is 36.2 Å². The highest BCUT2D eigenvalue weighted by Crippen LogP contribution is 2.13. The van der Waals surface area contributed by atoms with Crippen LogP contribution in [0.5, 0.6) is 5.75 Å². The first-order valence-corrected chi connectivity index (χ1v) is 4.57. The van der Waals surface area contributed by atoms with Gasteiger partial charge in [0, 0.05) is 0 Å². The summed E-state index contributed by atoms with van der Waals surface area (Å²) >= 11 is 0. The summed E-state index contributed by atoms with van der Waals surface area (Å²) in [5, 5.41) is 8.25. The highest BCUT2D eigenvalue weighted by Gasteiger charge is 2.00. The van der Waals surface area contributed by atoms with E-state index in [1.54, 1.807) is 18.2 Å². The summed E-state index contributed by atoms with van der Waals surface area (Å²) in [6.45, 7) is 0.603. The molecule has 1 aromatic rings. The lowest BCUT2D eigenvalue weighted by Gasteiger charge is -2.04. The molecule has 0 spiro atoms. The van der Waals surface area contributed by atoms with E-state index in [1.807, 2.05) is 12.1 Å². The zero-order valence-corrected chi connectivity index (χ0v) is 8.55. The first kappa shape index (κ1) is 12.0. The van der Waals surface area contributed by atoms with Crippen molar-refractivity contribution < 1.29 is 14.3 Å². The fraction of sp³-hybridized carbons (Fsp3) is 0.182. The molecule has 5 heteroatoms. The van der Waals surface area contributed by atoms with Crippen molar-refractivity contribution in [1.82, 2.24) is 0 Å². The van der Waals surface area contributed by atoms with Crippen LogP contribution in [0.2, 0.25) is 0 Å². The minimum Gasteiger partial charge on any atom is -0.410 e. The van der Waals surface area contributed by atoms with E-state index in [9.17, 15) is 4.79 Å². The molecule has 0 aliphatic heterocycles. The van der Waals surface area contributed by atoms with Gasteiger partial charge in [0.2, 0.25) is 0 Å². The lowest BCUT2D eigenvalue weighted by atomic mass is 10.2. The quantitative estimate of drug-likeness (QED) is 0.758. The number of nitrogens with two attached hydrogens (primary N) is 1. The van der Waals surface area contributed by atoms with Crippen LogP contribution in [0.15, 0.2) is 24.3 Å².